The van der Waals surface area contributed by atoms with Crippen molar-refractivity contribution in [3.63, 3.8) is 0 Å². The van der Waals surface area contributed by atoms with E-state index in [2.05, 4.69) is 40.0 Å². The van der Waals surface area contributed by atoms with E-state index < -0.39 is 0 Å². The zero-order valence-electron chi connectivity index (χ0n) is 12.3. The van der Waals surface area contributed by atoms with E-state index in [4.69, 9.17) is 4.74 Å². The first-order chi connectivity index (χ1) is 9.85. The molecule has 1 N–H and O–H groups in total. The van der Waals surface area contributed by atoms with Gasteiger partial charge in [0.25, 0.3) is 0 Å². The molecule has 2 rings (SSSR count). The van der Waals surface area contributed by atoms with Crippen LogP contribution in [0.3, 0.4) is 0 Å². The number of methoxy groups -OCH3 is 1. The van der Waals surface area contributed by atoms with E-state index in [1.807, 2.05) is 18.5 Å². The number of rotatable bonds is 8. The van der Waals surface area contributed by atoms with Crippen molar-refractivity contribution < 1.29 is 4.74 Å². The van der Waals surface area contributed by atoms with Gasteiger partial charge >= 0.3 is 0 Å². The van der Waals surface area contributed by atoms with E-state index in [0.29, 0.717) is 6.61 Å². The Morgan fingerprint density at radius 2 is 2.00 bits per heavy atom. The summed E-state index contributed by atoms with van der Waals surface area (Å²) in [6.45, 7) is 5.48. The van der Waals surface area contributed by atoms with Crippen molar-refractivity contribution in [2.75, 3.05) is 7.11 Å². The van der Waals surface area contributed by atoms with Gasteiger partial charge < -0.3 is 14.6 Å². The fraction of sp³-hybridized carbons (Fsp3) is 0.438. The first-order valence-electron chi connectivity index (χ1n) is 7.11. The Morgan fingerprint density at radius 3 is 2.75 bits per heavy atom. The van der Waals surface area contributed by atoms with E-state index in [9.17, 15) is 0 Å². The summed E-state index contributed by atoms with van der Waals surface area (Å²) in [6, 6.07) is 8.36. The molecule has 1 aromatic carbocycles. The number of hydrogen-bond acceptors (Lipinski definition) is 3. The van der Waals surface area contributed by atoms with Gasteiger partial charge in [-0.1, -0.05) is 31.2 Å². The summed E-state index contributed by atoms with van der Waals surface area (Å²) < 4.78 is 7.43. The molecule has 0 aliphatic heterocycles. The summed E-state index contributed by atoms with van der Waals surface area (Å²) in [7, 11) is 1.73. The summed E-state index contributed by atoms with van der Waals surface area (Å²) in [4.78, 5) is 4.40. The predicted octanol–water partition coefficient (Wildman–Crippen LogP) is 2.73. The number of hydrogen-bond donors (Lipinski definition) is 1. The second kappa shape index (κ2) is 7.82. The third kappa shape index (κ3) is 3.92. The number of ether oxygens (including phenoxy) is 1. The first-order valence-corrected chi connectivity index (χ1v) is 7.11. The van der Waals surface area contributed by atoms with Crippen LogP contribution in [0.2, 0.25) is 0 Å². The van der Waals surface area contributed by atoms with Crippen molar-refractivity contribution in [1.82, 2.24) is 14.9 Å². The molecule has 0 fully saturated rings. The minimum Gasteiger partial charge on any atom is -0.380 e. The summed E-state index contributed by atoms with van der Waals surface area (Å²) in [5.41, 5.74) is 2.52. The van der Waals surface area contributed by atoms with Crippen molar-refractivity contribution in [3.8, 4) is 0 Å². The van der Waals surface area contributed by atoms with Gasteiger partial charge in [-0.15, -0.1) is 0 Å². The van der Waals surface area contributed by atoms with Crippen molar-refractivity contribution in [2.45, 2.75) is 39.6 Å². The highest BCUT2D eigenvalue weighted by molar-refractivity contribution is 5.26. The quantitative estimate of drug-likeness (QED) is 0.804. The number of aryl methyl sites for hydroxylation is 1. The van der Waals surface area contributed by atoms with Crippen LogP contribution in [0.4, 0.5) is 0 Å². The van der Waals surface area contributed by atoms with Crippen LogP contribution in [0.1, 0.15) is 30.3 Å². The number of nitrogens with one attached hydrogen (secondary N) is 1. The van der Waals surface area contributed by atoms with Gasteiger partial charge in [-0.25, -0.2) is 4.98 Å². The molecule has 0 aliphatic rings. The Labute approximate surface area is 120 Å². The average molecular weight is 273 g/mol. The molecule has 4 nitrogen and oxygen atoms in total. The molecule has 1 heterocycles. The van der Waals surface area contributed by atoms with Gasteiger partial charge in [0, 0.05) is 32.6 Å². The molecule has 0 saturated heterocycles. The molecule has 0 atom stereocenters. The summed E-state index contributed by atoms with van der Waals surface area (Å²) >= 11 is 0. The Hall–Kier alpha value is -1.65. The van der Waals surface area contributed by atoms with Crippen LogP contribution in [0.15, 0.2) is 36.7 Å². The van der Waals surface area contributed by atoms with Gasteiger partial charge in [-0.05, 0) is 17.5 Å². The van der Waals surface area contributed by atoms with Crippen LogP contribution in [0.5, 0.6) is 0 Å². The first kappa shape index (κ1) is 14.8. The smallest absolute Gasteiger partial charge is 0.122 e. The predicted molar refractivity (Wildman–Crippen MR) is 80.2 cm³/mol. The van der Waals surface area contributed by atoms with Crippen LogP contribution >= 0.6 is 0 Å². The van der Waals surface area contributed by atoms with Gasteiger partial charge in [0.2, 0.25) is 0 Å². The van der Waals surface area contributed by atoms with E-state index in [1.165, 1.54) is 11.1 Å². The van der Waals surface area contributed by atoms with Crippen LogP contribution < -0.4 is 5.32 Å². The zero-order valence-corrected chi connectivity index (χ0v) is 12.3. The Bertz CT molecular complexity index is 522. The summed E-state index contributed by atoms with van der Waals surface area (Å²) in [6.07, 6.45) is 5.03. The lowest BCUT2D eigenvalue weighted by atomic mass is 10.1. The van der Waals surface area contributed by atoms with E-state index in [0.717, 1.165) is 31.9 Å². The van der Waals surface area contributed by atoms with Gasteiger partial charge in [0.05, 0.1) is 13.2 Å². The fourth-order valence-electron chi connectivity index (χ4n) is 2.29. The second-order valence-corrected chi connectivity index (χ2v) is 4.84. The minimum atomic E-state index is 0.655. The second-order valence-electron chi connectivity index (χ2n) is 4.84. The van der Waals surface area contributed by atoms with E-state index >= 15 is 0 Å². The molecule has 0 saturated carbocycles. The molecular weight excluding hydrogens is 250 g/mol. The number of nitrogens with zero attached hydrogens (tertiary/aromatic N) is 2. The summed E-state index contributed by atoms with van der Waals surface area (Å²) in [5, 5.41) is 3.46. The molecule has 2 aromatic rings. The van der Waals surface area contributed by atoms with Crippen molar-refractivity contribution in [3.05, 3.63) is 53.6 Å². The van der Waals surface area contributed by atoms with Crippen molar-refractivity contribution in [1.29, 1.82) is 0 Å². The Kier molecular flexibility index (Phi) is 5.77. The van der Waals surface area contributed by atoms with Gasteiger partial charge in [0.1, 0.15) is 5.82 Å². The average Bonchev–Trinajstić information content (AvgIpc) is 2.89. The molecule has 0 bridgehead atoms. The standard InChI is InChI=1S/C16H23N3O/c1-3-9-19-10-8-18-16(19)12-17-11-14-6-4-5-7-15(14)13-20-2/h4-8,10,17H,3,9,11-13H2,1-2H3. The fourth-order valence-corrected chi connectivity index (χ4v) is 2.29. The van der Waals surface area contributed by atoms with Crippen molar-refractivity contribution in [2.24, 2.45) is 0 Å². The van der Waals surface area contributed by atoms with Gasteiger partial charge in [0.15, 0.2) is 0 Å². The molecule has 4 heteroatoms. The number of aromatic nitrogens is 2. The van der Waals surface area contributed by atoms with Gasteiger partial charge in [-0.3, -0.25) is 0 Å². The molecule has 0 spiro atoms. The highest BCUT2D eigenvalue weighted by Crippen LogP contribution is 2.10. The lowest BCUT2D eigenvalue weighted by Crippen LogP contribution is -2.17. The van der Waals surface area contributed by atoms with Crippen molar-refractivity contribution >= 4 is 0 Å². The molecule has 0 radical (unpaired) electrons. The zero-order chi connectivity index (χ0) is 14.2. The molecular formula is C16H23N3O. The SMILES string of the molecule is CCCn1ccnc1CNCc1ccccc1COC. The third-order valence-electron chi connectivity index (χ3n) is 3.28. The normalized spacial score (nSPS) is 10.9. The van der Waals surface area contributed by atoms with E-state index in [1.54, 1.807) is 7.11 Å². The highest BCUT2D eigenvalue weighted by atomic mass is 16.5. The van der Waals surface area contributed by atoms with Gasteiger partial charge in [-0.2, -0.15) is 0 Å². The largest absolute Gasteiger partial charge is 0.380 e. The molecule has 20 heavy (non-hydrogen) atoms. The number of benzene rings is 1. The molecule has 0 unspecified atom stereocenters. The van der Waals surface area contributed by atoms with Crippen LogP contribution in [-0.4, -0.2) is 16.7 Å². The van der Waals surface area contributed by atoms with E-state index in [-0.39, 0.29) is 0 Å². The molecule has 0 aliphatic carbocycles. The van der Waals surface area contributed by atoms with Crippen LogP contribution in [-0.2, 0) is 31.0 Å². The van der Waals surface area contributed by atoms with Crippen LogP contribution in [0.25, 0.3) is 0 Å². The molecule has 0 amide bonds. The Morgan fingerprint density at radius 1 is 1.20 bits per heavy atom. The van der Waals surface area contributed by atoms with Crippen LogP contribution in [0, 0.1) is 0 Å². The Balaban J connectivity index is 1.91. The number of imidazole rings is 1. The maximum Gasteiger partial charge on any atom is 0.122 e. The highest BCUT2D eigenvalue weighted by Gasteiger charge is 2.04. The maximum absolute atomic E-state index is 5.23. The minimum absolute atomic E-state index is 0.655. The topological polar surface area (TPSA) is 39.1 Å². The lowest BCUT2D eigenvalue weighted by Gasteiger charge is -2.11. The summed E-state index contributed by atoms with van der Waals surface area (Å²) in [5.74, 6) is 1.09. The molecule has 1 aromatic heterocycles. The lowest BCUT2D eigenvalue weighted by molar-refractivity contribution is 0.184. The maximum atomic E-state index is 5.23. The third-order valence-corrected chi connectivity index (χ3v) is 3.28. The molecule has 108 valence electrons. The monoisotopic (exact) mass is 273 g/mol.